The Morgan fingerprint density at radius 1 is 1.06 bits per heavy atom. The summed E-state index contributed by atoms with van der Waals surface area (Å²) in [6.07, 6.45) is 9.47. The summed E-state index contributed by atoms with van der Waals surface area (Å²) in [4.78, 5) is 23.0. The molecule has 1 saturated heterocycles. The van der Waals surface area contributed by atoms with E-state index in [9.17, 15) is 4.79 Å². The van der Waals surface area contributed by atoms with Gasteiger partial charge >= 0.3 is 0 Å². The van der Waals surface area contributed by atoms with Gasteiger partial charge in [-0.05, 0) is 43.7 Å². The fourth-order valence-corrected chi connectivity index (χ4v) is 6.35. The van der Waals surface area contributed by atoms with Gasteiger partial charge in [0.1, 0.15) is 0 Å². The quantitative estimate of drug-likeness (QED) is 0.448. The lowest BCUT2D eigenvalue weighted by Crippen LogP contribution is -2.61. The molecule has 186 valence electrons. The second-order valence-corrected chi connectivity index (χ2v) is 10.5. The van der Waals surface area contributed by atoms with Crippen molar-refractivity contribution in [1.29, 1.82) is 0 Å². The molecule has 0 spiro atoms. The van der Waals surface area contributed by atoms with Crippen molar-refractivity contribution in [2.24, 2.45) is 0 Å². The van der Waals surface area contributed by atoms with Crippen LogP contribution in [-0.2, 0) is 0 Å². The molecule has 0 unspecified atom stereocenters. The molecule has 1 aliphatic carbocycles. The fraction of sp³-hybridized carbons (Fsp3) is 0.481. The molecule has 0 atom stereocenters. The molecule has 2 aromatic heterocycles. The van der Waals surface area contributed by atoms with E-state index in [-0.39, 0.29) is 11.4 Å². The molecule has 2 aliphatic rings. The molecule has 1 saturated carbocycles. The largest absolute Gasteiger partial charge is 0.350 e. The number of amides is 1. The molecule has 3 aromatic rings. The number of pyridine rings is 1. The SMILES string of the molecule is CCN1CCN(C2(CNC(=O)c3cn(-c4cccnc4Cl)c4cccc(Cl)c34)CCCCC2)CC1. The molecule has 8 heteroatoms. The molecule has 1 N–H and O–H groups in total. The third kappa shape index (κ3) is 4.82. The maximum absolute atomic E-state index is 13.6. The van der Waals surface area contributed by atoms with Crippen molar-refractivity contribution in [1.82, 2.24) is 24.7 Å². The van der Waals surface area contributed by atoms with Gasteiger partial charge in [-0.3, -0.25) is 9.69 Å². The maximum atomic E-state index is 13.6. The molecule has 6 nitrogen and oxygen atoms in total. The second-order valence-electron chi connectivity index (χ2n) is 9.75. The monoisotopic (exact) mass is 513 g/mol. The van der Waals surface area contributed by atoms with Crippen molar-refractivity contribution in [3.63, 3.8) is 0 Å². The highest BCUT2D eigenvalue weighted by atomic mass is 35.5. The third-order valence-corrected chi connectivity index (χ3v) is 8.48. The average molecular weight is 515 g/mol. The first-order valence-electron chi connectivity index (χ1n) is 12.7. The number of aromatic nitrogens is 2. The van der Waals surface area contributed by atoms with E-state index in [2.05, 4.69) is 27.0 Å². The summed E-state index contributed by atoms with van der Waals surface area (Å²) in [6.45, 7) is 8.31. The number of carbonyl (C=O) groups is 1. The van der Waals surface area contributed by atoms with Gasteiger partial charge in [0.05, 0.1) is 21.8 Å². The Balaban J connectivity index is 1.43. The van der Waals surface area contributed by atoms with Gasteiger partial charge in [-0.2, -0.15) is 0 Å². The highest BCUT2D eigenvalue weighted by molar-refractivity contribution is 6.37. The maximum Gasteiger partial charge on any atom is 0.253 e. The van der Waals surface area contributed by atoms with Gasteiger partial charge in [-0.15, -0.1) is 0 Å². The zero-order chi connectivity index (χ0) is 24.4. The van der Waals surface area contributed by atoms with E-state index < -0.39 is 0 Å². The zero-order valence-corrected chi connectivity index (χ0v) is 21.8. The van der Waals surface area contributed by atoms with E-state index in [1.807, 2.05) is 41.1 Å². The number of carbonyl (C=O) groups excluding carboxylic acids is 1. The number of halogens is 2. The summed E-state index contributed by atoms with van der Waals surface area (Å²) < 4.78 is 1.91. The molecule has 2 fully saturated rings. The number of rotatable bonds is 6. The Bertz CT molecular complexity index is 1200. The van der Waals surface area contributed by atoms with Gasteiger partial charge in [-0.1, -0.05) is 55.5 Å². The van der Waals surface area contributed by atoms with Crippen molar-refractivity contribution >= 4 is 40.0 Å². The Morgan fingerprint density at radius 3 is 2.54 bits per heavy atom. The molecule has 35 heavy (non-hydrogen) atoms. The number of hydrogen-bond donors (Lipinski definition) is 1. The first kappa shape index (κ1) is 24.6. The van der Waals surface area contributed by atoms with Crippen molar-refractivity contribution in [3.8, 4) is 5.69 Å². The van der Waals surface area contributed by atoms with E-state index in [0.29, 0.717) is 22.3 Å². The fourth-order valence-electron chi connectivity index (χ4n) is 5.87. The van der Waals surface area contributed by atoms with Crippen LogP contribution in [-0.4, -0.2) is 70.1 Å². The highest BCUT2D eigenvalue weighted by Gasteiger charge is 2.39. The van der Waals surface area contributed by atoms with Crippen LogP contribution in [0, 0.1) is 0 Å². The normalized spacial score (nSPS) is 19.2. The van der Waals surface area contributed by atoms with Crippen LogP contribution in [0.2, 0.25) is 10.2 Å². The van der Waals surface area contributed by atoms with Gasteiger partial charge in [0.15, 0.2) is 5.15 Å². The summed E-state index contributed by atoms with van der Waals surface area (Å²) in [5, 5.41) is 4.98. The minimum Gasteiger partial charge on any atom is -0.350 e. The van der Waals surface area contributed by atoms with Gasteiger partial charge in [0.2, 0.25) is 0 Å². The predicted octanol–water partition coefficient (Wildman–Crippen LogP) is 5.40. The number of fused-ring (bicyclic) bond motifs is 1. The molecule has 1 amide bonds. The Labute approximate surface area is 217 Å². The van der Waals surface area contributed by atoms with Crippen molar-refractivity contribution in [3.05, 3.63) is 58.5 Å². The third-order valence-electron chi connectivity index (χ3n) is 7.87. The first-order valence-corrected chi connectivity index (χ1v) is 13.4. The van der Waals surface area contributed by atoms with Crippen LogP contribution >= 0.6 is 23.2 Å². The lowest BCUT2D eigenvalue weighted by Gasteiger charge is -2.50. The number of hydrogen-bond acceptors (Lipinski definition) is 4. The molecule has 0 radical (unpaired) electrons. The van der Waals surface area contributed by atoms with E-state index in [0.717, 1.165) is 62.2 Å². The summed E-state index contributed by atoms with van der Waals surface area (Å²) in [6, 6.07) is 9.40. The zero-order valence-electron chi connectivity index (χ0n) is 20.3. The van der Waals surface area contributed by atoms with Crippen LogP contribution in [0.3, 0.4) is 0 Å². The van der Waals surface area contributed by atoms with E-state index in [1.165, 1.54) is 19.3 Å². The number of benzene rings is 1. The standard InChI is InChI=1S/C27H33Cl2N5O/c1-2-32-14-16-33(17-15-32)27(11-4-3-5-12-27)19-31-26(35)20-18-34(23-10-7-13-30-25(23)29)22-9-6-8-21(28)24(20)22/h6-10,13,18H,2-5,11-12,14-17,19H2,1H3,(H,31,35). The van der Waals surface area contributed by atoms with Crippen LogP contribution in [0.25, 0.3) is 16.6 Å². The lowest BCUT2D eigenvalue weighted by atomic mass is 9.79. The Morgan fingerprint density at radius 2 is 1.83 bits per heavy atom. The van der Waals surface area contributed by atoms with E-state index >= 15 is 0 Å². The summed E-state index contributed by atoms with van der Waals surface area (Å²) in [5.74, 6) is -0.0981. The summed E-state index contributed by atoms with van der Waals surface area (Å²) in [5.41, 5.74) is 2.15. The Kier molecular flexibility index (Phi) is 7.35. The van der Waals surface area contributed by atoms with Crippen LogP contribution in [0.15, 0.2) is 42.7 Å². The van der Waals surface area contributed by atoms with Gasteiger partial charge in [0, 0.05) is 56.0 Å². The first-order chi connectivity index (χ1) is 17.0. The molecular weight excluding hydrogens is 481 g/mol. The smallest absolute Gasteiger partial charge is 0.253 e. The molecule has 5 rings (SSSR count). The Hall–Kier alpha value is -2.12. The summed E-state index contributed by atoms with van der Waals surface area (Å²) >= 11 is 13.0. The number of likely N-dealkylation sites (N-methyl/N-ethyl adjacent to an activating group) is 1. The number of nitrogens with zero attached hydrogens (tertiary/aromatic N) is 4. The highest BCUT2D eigenvalue weighted by Crippen LogP contribution is 2.35. The van der Waals surface area contributed by atoms with Crippen molar-refractivity contribution in [2.75, 3.05) is 39.3 Å². The topological polar surface area (TPSA) is 53.4 Å². The van der Waals surface area contributed by atoms with E-state index in [4.69, 9.17) is 23.2 Å². The van der Waals surface area contributed by atoms with Gasteiger partial charge in [-0.25, -0.2) is 4.98 Å². The molecule has 1 aliphatic heterocycles. The van der Waals surface area contributed by atoms with Crippen LogP contribution in [0.4, 0.5) is 0 Å². The van der Waals surface area contributed by atoms with Crippen molar-refractivity contribution in [2.45, 2.75) is 44.6 Å². The molecular formula is C27H33Cl2N5O. The van der Waals surface area contributed by atoms with Gasteiger partial charge < -0.3 is 14.8 Å². The van der Waals surface area contributed by atoms with Gasteiger partial charge in [0.25, 0.3) is 5.91 Å². The second kappa shape index (κ2) is 10.5. The average Bonchev–Trinajstić information content (AvgIpc) is 3.29. The van der Waals surface area contributed by atoms with Crippen LogP contribution in [0.1, 0.15) is 49.4 Å². The van der Waals surface area contributed by atoms with Crippen LogP contribution in [0.5, 0.6) is 0 Å². The molecule has 3 heterocycles. The summed E-state index contributed by atoms with van der Waals surface area (Å²) in [7, 11) is 0. The van der Waals surface area contributed by atoms with Crippen LogP contribution < -0.4 is 5.32 Å². The molecule has 1 aromatic carbocycles. The number of nitrogens with one attached hydrogen (secondary N) is 1. The minimum atomic E-state index is -0.0981. The minimum absolute atomic E-state index is 0.0303. The predicted molar refractivity (Wildman–Crippen MR) is 143 cm³/mol. The van der Waals surface area contributed by atoms with E-state index in [1.54, 1.807) is 6.20 Å². The molecule has 0 bridgehead atoms. The van der Waals surface area contributed by atoms with Crippen molar-refractivity contribution < 1.29 is 4.79 Å². The number of piperazine rings is 1. The lowest BCUT2D eigenvalue weighted by molar-refractivity contribution is 0.00925.